The molecule has 0 aliphatic carbocycles. The minimum Gasteiger partial charge on any atom is -0.370 e. The fourth-order valence-electron chi connectivity index (χ4n) is 3.84. The lowest BCUT2D eigenvalue weighted by molar-refractivity contribution is -0.906. The number of morpholine rings is 1. The average molecular weight is 432 g/mol. The number of urea groups is 1. The number of carbonyl (C=O) groups excluding carboxylic acids is 2. The fourth-order valence-corrected chi connectivity index (χ4v) is 3.96. The molecular formula is C21H24ClN4O4+. The monoisotopic (exact) mass is 431 g/mol. The molecule has 0 radical (unpaired) electrons. The van der Waals surface area contributed by atoms with Gasteiger partial charge in [-0.1, -0.05) is 29.8 Å². The number of anilines is 2. The molecule has 1 atom stereocenters. The van der Waals surface area contributed by atoms with Crippen molar-refractivity contribution in [1.82, 2.24) is 5.32 Å². The number of rotatable bonds is 5. The Kier molecular flexibility index (Phi) is 5.92. The van der Waals surface area contributed by atoms with E-state index in [0.717, 1.165) is 18.0 Å². The first-order valence-electron chi connectivity index (χ1n) is 9.88. The third-order valence-corrected chi connectivity index (χ3v) is 5.69. The summed E-state index contributed by atoms with van der Waals surface area (Å²) >= 11 is 5.97. The van der Waals surface area contributed by atoms with Gasteiger partial charge in [-0.25, -0.2) is 4.79 Å². The first kappa shape index (κ1) is 20.6. The van der Waals surface area contributed by atoms with Crippen LogP contribution in [0.15, 0.2) is 48.5 Å². The molecule has 2 aliphatic heterocycles. The molecule has 2 heterocycles. The van der Waals surface area contributed by atoms with Crippen LogP contribution in [0.5, 0.6) is 0 Å². The van der Waals surface area contributed by atoms with Crippen LogP contribution in [0.3, 0.4) is 0 Å². The summed E-state index contributed by atoms with van der Waals surface area (Å²) in [5.74, 6) is -0.660. The summed E-state index contributed by atoms with van der Waals surface area (Å²) in [7, 11) is 0. The van der Waals surface area contributed by atoms with Crippen molar-refractivity contribution in [3.05, 3.63) is 59.1 Å². The summed E-state index contributed by atoms with van der Waals surface area (Å²) in [5, 5.41) is 17.7. The molecule has 4 rings (SSSR count). The standard InChI is InChI=1S/C21H23ClN4O4/c22-15-5-7-16(8-6-15)26-20(28)24-18-4-2-1-3-17(18)21(26,29)19(27)23-9-10-25-11-13-30-14-12-25/h1-8,29H,9-14H2,(H,23,27)(H,24,28)/p+1. The second-order valence-electron chi connectivity index (χ2n) is 7.33. The van der Waals surface area contributed by atoms with E-state index in [1.54, 1.807) is 48.5 Å². The first-order chi connectivity index (χ1) is 14.5. The Morgan fingerprint density at radius 1 is 1.20 bits per heavy atom. The van der Waals surface area contributed by atoms with Gasteiger partial charge in [0.05, 0.1) is 32.0 Å². The van der Waals surface area contributed by atoms with Gasteiger partial charge in [0.15, 0.2) is 0 Å². The third-order valence-electron chi connectivity index (χ3n) is 5.44. The van der Waals surface area contributed by atoms with Crippen molar-refractivity contribution in [3.8, 4) is 0 Å². The Morgan fingerprint density at radius 3 is 2.63 bits per heavy atom. The Morgan fingerprint density at radius 2 is 1.90 bits per heavy atom. The number of hydrogen-bond acceptors (Lipinski definition) is 4. The Labute approximate surface area is 179 Å². The quantitative estimate of drug-likeness (QED) is 0.556. The van der Waals surface area contributed by atoms with Crippen LogP contribution in [-0.2, 0) is 15.3 Å². The fraction of sp³-hybridized carbons (Fsp3) is 0.333. The lowest BCUT2D eigenvalue weighted by Gasteiger charge is -2.42. The van der Waals surface area contributed by atoms with Crippen LogP contribution in [0.1, 0.15) is 5.56 Å². The van der Waals surface area contributed by atoms with Crippen LogP contribution >= 0.6 is 11.6 Å². The molecule has 0 saturated carbocycles. The number of amides is 3. The molecule has 9 heteroatoms. The summed E-state index contributed by atoms with van der Waals surface area (Å²) in [4.78, 5) is 28.6. The van der Waals surface area contributed by atoms with Crippen LogP contribution in [-0.4, -0.2) is 56.4 Å². The van der Waals surface area contributed by atoms with Crippen molar-refractivity contribution < 1.29 is 24.3 Å². The molecule has 2 aromatic carbocycles. The molecule has 0 aromatic heterocycles. The topological polar surface area (TPSA) is 95.3 Å². The minimum atomic E-state index is -2.20. The zero-order chi connectivity index (χ0) is 21.1. The molecule has 4 N–H and O–H groups in total. The van der Waals surface area contributed by atoms with E-state index < -0.39 is 17.7 Å². The molecule has 1 unspecified atom stereocenters. The van der Waals surface area contributed by atoms with E-state index in [9.17, 15) is 14.7 Å². The number of nitrogens with zero attached hydrogens (tertiary/aromatic N) is 1. The van der Waals surface area contributed by atoms with Crippen molar-refractivity contribution in [2.75, 3.05) is 49.6 Å². The Balaban J connectivity index is 1.63. The number of hydrogen-bond donors (Lipinski definition) is 4. The van der Waals surface area contributed by atoms with Crippen LogP contribution in [0.2, 0.25) is 5.02 Å². The van der Waals surface area contributed by atoms with Crippen LogP contribution < -0.4 is 20.4 Å². The SMILES string of the molecule is O=C1Nc2ccccc2C(O)(C(=O)NCC[NH+]2CCOCC2)N1c1ccc(Cl)cc1. The van der Waals surface area contributed by atoms with Gasteiger partial charge in [0.1, 0.15) is 13.1 Å². The molecule has 1 saturated heterocycles. The molecule has 30 heavy (non-hydrogen) atoms. The zero-order valence-corrected chi connectivity index (χ0v) is 17.1. The molecule has 3 amide bonds. The normalized spacial score (nSPS) is 21.7. The third kappa shape index (κ3) is 3.87. The van der Waals surface area contributed by atoms with Gasteiger partial charge in [0, 0.05) is 16.3 Å². The maximum atomic E-state index is 13.3. The molecule has 2 aromatic rings. The van der Waals surface area contributed by atoms with Gasteiger partial charge in [-0.3, -0.25) is 9.69 Å². The first-order valence-corrected chi connectivity index (χ1v) is 10.3. The predicted octanol–water partition coefficient (Wildman–Crippen LogP) is 0.568. The van der Waals surface area contributed by atoms with Crippen molar-refractivity contribution >= 4 is 34.9 Å². The van der Waals surface area contributed by atoms with E-state index in [1.165, 1.54) is 4.90 Å². The Hall–Kier alpha value is -2.65. The number of fused-ring (bicyclic) bond motifs is 1. The number of para-hydroxylation sites is 1. The second kappa shape index (κ2) is 8.61. The molecule has 8 nitrogen and oxygen atoms in total. The molecule has 1 fully saturated rings. The van der Waals surface area contributed by atoms with Crippen molar-refractivity contribution in [1.29, 1.82) is 0 Å². The molecule has 0 spiro atoms. The van der Waals surface area contributed by atoms with Gasteiger partial charge in [0.25, 0.3) is 11.6 Å². The van der Waals surface area contributed by atoms with Crippen molar-refractivity contribution in [3.63, 3.8) is 0 Å². The van der Waals surface area contributed by atoms with Crippen LogP contribution in [0.25, 0.3) is 0 Å². The number of nitrogens with one attached hydrogen (secondary N) is 3. The molecule has 2 aliphatic rings. The second-order valence-corrected chi connectivity index (χ2v) is 7.76. The molecule has 158 valence electrons. The van der Waals surface area contributed by atoms with Gasteiger partial charge in [-0.15, -0.1) is 0 Å². The van der Waals surface area contributed by atoms with E-state index in [1.807, 2.05) is 0 Å². The zero-order valence-electron chi connectivity index (χ0n) is 16.4. The highest BCUT2D eigenvalue weighted by Crippen LogP contribution is 2.39. The van der Waals surface area contributed by atoms with Gasteiger partial charge >= 0.3 is 6.03 Å². The number of ether oxygens (including phenoxy) is 1. The van der Waals surface area contributed by atoms with E-state index in [4.69, 9.17) is 16.3 Å². The van der Waals surface area contributed by atoms with Gasteiger partial charge in [-0.05, 0) is 30.3 Å². The highest BCUT2D eigenvalue weighted by Gasteiger charge is 2.51. The largest absolute Gasteiger partial charge is 0.370 e. The summed E-state index contributed by atoms with van der Waals surface area (Å²) in [5.41, 5.74) is -1.16. The maximum Gasteiger partial charge on any atom is 0.329 e. The van der Waals surface area contributed by atoms with Gasteiger partial charge in [0.2, 0.25) is 0 Å². The van der Waals surface area contributed by atoms with E-state index in [-0.39, 0.29) is 0 Å². The summed E-state index contributed by atoms with van der Waals surface area (Å²) < 4.78 is 5.35. The molecular weight excluding hydrogens is 408 g/mol. The van der Waals surface area contributed by atoms with E-state index in [0.29, 0.717) is 48.3 Å². The summed E-state index contributed by atoms with van der Waals surface area (Å²) in [6, 6.07) is 12.5. The highest BCUT2D eigenvalue weighted by molar-refractivity contribution is 6.30. The van der Waals surface area contributed by atoms with Crippen molar-refractivity contribution in [2.45, 2.75) is 5.72 Å². The lowest BCUT2D eigenvalue weighted by atomic mass is 9.95. The summed E-state index contributed by atoms with van der Waals surface area (Å²) in [6.07, 6.45) is 0. The number of benzene rings is 2. The Bertz CT molecular complexity index is 933. The van der Waals surface area contributed by atoms with E-state index in [2.05, 4.69) is 10.6 Å². The maximum absolute atomic E-state index is 13.3. The smallest absolute Gasteiger partial charge is 0.329 e. The predicted molar refractivity (Wildman–Crippen MR) is 113 cm³/mol. The highest BCUT2D eigenvalue weighted by atomic mass is 35.5. The lowest BCUT2D eigenvalue weighted by Crippen LogP contribution is -3.14. The number of aliphatic hydroxyl groups is 1. The average Bonchev–Trinajstić information content (AvgIpc) is 2.75. The number of quaternary nitrogens is 1. The number of halogens is 1. The van der Waals surface area contributed by atoms with Crippen molar-refractivity contribution in [2.24, 2.45) is 0 Å². The molecule has 0 bridgehead atoms. The summed E-state index contributed by atoms with van der Waals surface area (Å²) in [6.45, 7) is 4.23. The van der Waals surface area contributed by atoms with E-state index >= 15 is 0 Å². The van der Waals surface area contributed by atoms with Gasteiger partial charge < -0.3 is 25.4 Å². The van der Waals surface area contributed by atoms with Crippen LogP contribution in [0, 0.1) is 0 Å². The van der Waals surface area contributed by atoms with Gasteiger partial charge in [-0.2, -0.15) is 0 Å². The van der Waals surface area contributed by atoms with Crippen LogP contribution in [0.4, 0.5) is 16.2 Å². The number of carbonyl (C=O) groups is 2. The minimum absolute atomic E-state index is 0.302.